The molecule has 0 saturated carbocycles. The number of aryl methyl sites for hydroxylation is 1. The van der Waals surface area contributed by atoms with Gasteiger partial charge in [-0.2, -0.15) is 5.26 Å². The van der Waals surface area contributed by atoms with E-state index in [2.05, 4.69) is 21.0 Å². The van der Waals surface area contributed by atoms with Gasteiger partial charge in [0, 0.05) is 5.69 Å². The molecule has 0 aliphatic carbocycles. The Morgan fingerprint density at radius 1 is 1.15 bits per heavy atom. The number of aromatic nitrogens is 3. The second-order valence-electron chi connectivity index (χ2n) is 4.48. The van der Waals surface area contributed by atoms with Gasteiger partial charge in [-0.15, -0.1) is 0 Å². The summed E-state index contributed by atoms with van der Waals surface area (Å²) in [6.45, 7) is 1.92. The minimum absolute atomic E-state index is 0.472. The van der Waals surface area contributed by atoms with Gasteiger partial charge in [0.05, 0.1) is 22.3 Å². The van der Waals surface area contributed by atoms with Crippen LogP contribution >= 0.6 is 0 Å². The van der Waals surface area contributed by atoms with Crippen molar-refractivity contribution in [1.29, 1.82) is 5.26 Å². The first-order valence-corrected chi connectivity index (χ1v) is 6.27. The number of allylic oxidation sites excluding steroid dienone is 1. The number of aromatic amines is 1. The number of H-pyrrole nitrogens is 1. The fraction of sp³-hybridized carbons (Fsp3) is 0.0625. The number of para-hydroxylation sites is 2. The molecule has 0 unspecified atom stereocenters. The van der Waals surface area contributed by atoms with Crippen LogP contribution in [-0.2, 0) is 0 Å². The molecule has 3 aromatic rings. The number of hydrogen-bond donors (Lipinski definition) is 1. The Labute approximate surface area is 116 Å². The van der Waals surface area contributed by atoms with E-state index in [4.69, 9.17) is 0 Å². The average molecular weight is 260 g/mol. The largest absolute Gasteiger partial charge is 0.337 e. The number of nitriles is 1. The third-order valence-electron chi connectivity index (χ3n) is 2.97. The van der Waals surface area contributed by atoms with Gasteiger partial charge in [0.25, 0.3) is 0 Å². The maximum Gasteiger partial charge on any atom is 0.149 e. The Bertz CT molecular complexity index is 804. The minimum atomic E-state index is 0.472. The SMILES string of the molecule is Cc1cccc(/C=C(/C#N)c2nc3ccccc3[nH]2)n1. The molecule has 4 nitrogen and oxygen atoms in total. The van der Waals surface area contributed by atoms with Crippen molar-refractivity contribution in [3.05, 3.63) is 59.7 Å². The molecule has 0 radical (unpaired) electrons. The molecular formula is C16H12N4. The van der Waals surface area contributed by atoms with Crippen LogP contribution in [0.2, 0.25) is 0 Å². The predicted molar refractivity (Wildman–Crippen MR) is 78.6 cm³/mol. The van der Waals surface area contributed by atoms with Crippen LogP contribution in [0.25, 0.3) is 22.7 Å². The minimum Gasteiger partial charge on any atom is -0.337 e. The Balaban J connectivity index is 2.07. The molecule has 0 amide bonds. The van der Waals surface area contributed by atoms with Crippen molar-refractivity contribution in [3.63, 3.8) is 0 Å². The zero-order valence-electron chi connectivity index (χ0n) is 11.0. The van der Waals surface area contributed by atoms with E-state index in [1.54, 1.807) is 6.08 Å². The van der Waals surface area contributed by atoms with E-state index < -0.39 is 0 Å². The van der Waals surface area contributed by atoms with Crippen molar-refractivity contribution < 1.29 is 0 Å². The van der Waals surface area contributed by atoms with E-state index in [1.165, 1.54) is 0 Å². The molecule has 0 aliphatic heterocycles. The van der Waals surface area contributed by atoms with Gasteiger partial charge in [0.1, 0.15) is 11.9 Å². The molecule has 3 rings (SSSR count). The molecule has 0 bridgehead atoms. The van der Waals surface area contributed by atoms with E-state index in [0.717, 1.165) is 22.4 Å². The molecule has 0 aliphatic rings. The molecule has 2 heterocycles. The normalized spacial score (nSPS) is 11.5. The molecule has 4 heteroatoms. The van der Waals surface area contributed by atoms with Crippen LogP contribution < -0.4 is 0 Å². The fourth-order valence-corrected chi connectivity index (χ4v) is 2.03. The van der Waals surface area contributed by atoms with Gasteiger partial charge in [0.2, 0.25) is 0 Å². The Hall–Kier alpha value is -2.93. The van der Waals surface area contributed by atoms with Crippen LogP contribution in [0.1, 0.15) is 17.2 Å². The van der Waals surface area contributed by atoms with Crippen LogP contribution in [0.3, 0.4) is 0 Å². The van der Waals surface area contributed by atoms with E-state index in [0.29, 0.717) is 11.4 Å². The summed E-state index contributed by atoms with van der Waals surface area (Å²) in [6, 6.07) is 15.6. The zero-order valence-corrected chi connectivity index (χ0v) is 11.0. The average Bonchev–Trinajstić information content (AvgIpc) is 2.88. The standard InChI is InChI=1S/C16H12N4/c1-11-5-4-6-13(18-11)9-12(10-17)16-19-14-7-2-3-8-15(14)20-16/h2-9H,1H3,(H,19,20)/b12-9-. The van der Waals surface area contributed by atoms with Crippen molar-refractivity contribution >= 4 is 22.7 Å². The number of fused-ring (bicyclic) bond motifs is 1. The summed E-state index contributed by atoms with van der Waals surface area (Å²) < 4.78 is 0. The molecule has 1 aromatic carbocycles. The molecule has 0 fully saturated rings. The van der Waals surface area contributed by atoms with Crippen LogP contribution in [-0.4, -0.2) is 15.0 Å². The van der Waals surface area contributed by atoms with E-state index >= 15 is 0 Å². The van der Waals surface area contributed by atoms with Gasteiger partial charge in [-0.05, 0) is 37.3 Å². The van der Waals surface area contributed by atoms with Crippen molar-refractivity contribution in [3.8, 4) is 6.07 Å². The monoisotopic (exact) mass is 260 g/mol. The Morgan fingerprint density at radius 3 is 2.75 bits per heavy atom. The van der Waals surface area contributed by atoms with Crippen LogP contribution in [0.5, 0.6) is 0 Å². The number of rotatable bonds is 2. The summed E-state index contributed by atoms with van der Waals surface area (Å²) in [7, 11) is 0. The predicted octanol–water partition coefficient (Wildman–Crippen LogP) is 3.33. The number of benzene rings is 1. The highest BCUT2D eigenvalue weighted by Gasteiger charge is 2.07. The smallest absolute Gasteiger partial charge is 0.149 e. The Kier molecular flexibility index (Phi) is 3.02. The first-order valence-electron chi connectivity index (χ1n) is 6.27. The number of nitrogens with zero attached hydrogens (tertiary/aromatic N) is 3. The summed E-state index contributed by atoms with van der Waals surface area (Å²) in [5.41, 5.74) is 3.91. The highest BCUT2D eigenvalue weighted by Crippen LogP contribution is 2.18. The van der Waals surface area contributed by atoms with Gasteiger partial charge in [-0.1, -0.05) is 18.2 Å². The first kappa shape index (κ1) is 12.1. The van der Waals surface area contributed by atoms with Gasteiger partial charge in [0.15, 0.2) is 0 Å². The molecule has 0 spiro atoms. The summed E-state index contributed by atoms with van der Waals surface area (Å²) in [5, 5.41) is 9.33. The Morgan fingerprint density at radius 2 is 2.00 bits per heavy atom. The van der Waals surface area contributed by atoms with Crippen LogP contribution in [0.15, 0.2) is 42.5 Å². The van der Waals surface area contributed by atoms with E-state index in [-0.39, 0.29) is 0 Å². The highest BCUT2D eigenvalue weighted by atomic mass is 14.9. The molecule has 1 N–H and O–H groups in total. The summed E-state index contributed by atoms with van der Waals surface area (Å²) in [4.78, 5) is 12.0. The van der Waals surface area contributed by atoms with Crippen LogP contribution in [0, 0.1) is 18.3 Å². The lowest BCUT2D eigenvalue weighted by Crippen LogP contribution is -1.88. The van der Waals surface area contributed by atoms with Crippen molar-refractivity contribution in [2.24, 2.45) is 0 Å². The summed E-state index contributed by atoms with van der Waals surface area (Å²) in [6.07, 6.45) is 1.74. The van der Waals surface area contributed by atoms with Crippen molar-refractivity contribution in [2.45, 2.75) is 6.92 Å². The lowest BCUT2D eigenvalue weighted by atomic mass is 10.2. The second kappa shape index (κ2) is 4.98. The van der Waals surface area contributed by atoms with Gasteiger partial charge in [-0.25, -0.2) is 4.98 Å². The quantitative estimate of drug-likeness (QED) is 0.719. The third kappa shape index (κ3) is 2.29. The van der Waals surface area contributed by atoms with Crippen molar-refractivity contribution in [1.82, 2.24) is 15.0 Å². The topological polar surface area (TPSA) is 65.4 Å². The number of imidazole rings is 1. The first-order chi connectivity index (χ1) is 9.76. The van der Waals surface area contributed by atoms with Gasteiger partial charge >= 0.3 is 0 Å². The lowest BCUT2D eigenvalue weighted by Gasteiger charge is -1.96. The fourth-order valence-electron chi connectivity index (χ4n) is 2.03. The number of pyridine rings is 1. The van der Waals surface area contributed by atoms with Gasteiger partial charge < -0.3 is 4.98 Å². The summed E-state index contributed by atoms with van der Waals surface area (Å²) in [5.74, 6) is 0.567. The number of hydrogen-bond acceptors (Lipinski definition) is 3. The van der Waals surface area contributed by atoms with Gasteiger partial charge in [-0.3, -0.25) is 4.98 Å². The van der Waals surface area contributed by atoms with E-state index in [1.807, 2.05) is 49.4 Å². The highest BCUT2D eigenvalue weighted by molar-refractivity contribution is 5.89. The maximum atomic E-state index is 9.33. The molecule has 0 atom stereocenters. The summed E-state index contributed by atoms with van der Waals surface area (Å²) >= 11 is 0. The third-order valence-corrected chi connectivity index (χ3v) is 2.97. The molecule has 0 saturated heterocycles. The number of nitrogens with one attached hydrogen (secondary N) is 1. The molecular weight excluding hydrogens is 248 g/mol. The molecule has 96 valence electrons. The second-order valence-corrected chi connectivity index (χ2v) is 4.48. The van der Waals surface area contributed by atoms with Crippen molar-refractivity contribution in [2.75, 3.05) is 0 Å². The van der Waals surface area contributed by atoms with E-state index in [9.17, 15) is 5.26 Å². The lowest BCUT2D eigenvalue weighted by molar-refractivity contribution is 1.18. The maximum absolute atomic E-state index is 9.33. The zero-order chi connectivity index (χ0) is 13.9. The molecule has 20 heavy (non-hydrogen) atoms. The molecule has 2 aromatic heterocycles. The van der Waals surface area contributed by atoms with Crippen LogP contribution in [0.4, 0.5) is 0 Å².